The van der Waals surface area contributed by atoms with E-state index in [1.807, 2.05) is 13.0 Å². The Morgan fingerprint density at radius 1 is 1.44 bits per heavy atom. The largest absolute Gasteiger partial charge is 0.494 e. The Labute approximate surface area is 102 Å². The molecular weight excluding hydrogens is 224 g/mol. The molecule has 0 saturated carbocycles. The lowest BCUT2D eigenvalue weighted by atomic mass is 10.0. The van der Waals surface area contributed by atoms with E-state index < -0.39 is 0 Å². The minimum absolute atomic E-state index is 0.131. The summed E-state index contributed by atoms with van der Waals surface area (Å²) in [4.78, 5) is 0. The zero-order chi connectivity index (χ0) is 11.8. The molecule has 0 aromatic heterocycles. The van der Waals surface area contributed by atoms with Gasteiger partial charge in [0.25, 0.3) is 0 Å². The van der Waals surface area contributed by atoms with E-state index in [1.165, 1.54) is 5.56 Å². The summed E-state index contributed by atoms with van der Waals surface area (Å²) in [5.74, 6) is 2.29. The van der Waals surface area contributed by atoms with Gasteiger partial charge in [-0.1, -0.05) is 0 Å². The predicted molar refractivity (Wildman–Crippen MR) is 65.6 cm³/mol. The Bertz CT molecular complexity index is 399. The molecule has 0 aliphatic carbocycles. The highest BCUT2D eigenvalue weighted by Gasteiger charge is 2.32. The zero-order valence-corrected chi connectivity index (χ0v) is 10.7. The molecule has 2 rings (SSSR count). The highest BCUT2D eigenvalue weighted by Crippen LogP contribution is 2.40. The lowest BCUT2D eigenvalue weighted by Crippen LogP contribution is -2.24. The molecule has 88 valence electrons. The van der Waals surface area contributed by atoms with Crippen molar-refractivity contribution in [2.24, 2.45) is 0 Å². The summed E-state index contributed by atoms with van der Waals surface area (Å²) < 4.78 is 11.4. The van der Waals surface area contributed by atoms with Crippen LogP contribution in [0.4, 0.5) is 0 Å². The van der Waals surface area contributed by atoms with Crippen molar-refractivity contribution in [1.82, 2.24) is 0 Å². The Balaban J connectivity index is 2.41. The average molecular weight is 241 g/mol. The van der Waals surface area contributed by atoms with Gasteiger partial charge in [0.15, 0.2) is 0 Å². The van der Waals surface area contributed by atoms with Gasteiger partial charge in [0.2, 0.25) is 0 Å². The Morgan fingerprint density at radius 2 is 2.19 bits per heavy atom. The van der Waals surface area contributed by atoms with Crippen LogP contribution in [0.5, 0.6) is 11.5 Å². The van der Waals surface area contributed by atoms with Crippen LogP contribution in [0, 0.1) is 0 Å². The second kappa shape index (κ2) is 4.17. The summed E-state index contributed by atoms with van der Waals surface area (Å²) in [5.41, 5.74) is 2.09. The van der Waals surface area contributed by atoms with E-state index in [1.54, 1.807) is 0 Å². The van der Waals surface area contributed by atoms with Crippen molar-refractivity contribution in [3.63, 3.8) is 0 Å². The standard InChI is InChI=1S/C13H17ClO2/c1-4-15-11-5-9-7-13(2,3)16-12(9)10(6-11)8-14/h5-6H,4,7-8H2,1-3H3. The van der Waals surface area contributed by atoms with Crippen LogP contribution in [0.15, 0.2) is 12.1 Å². The highest BCUT2D eigenvalue weighted by atomic mass is 35.5. The molecule has 0 radical (unpaired) electrons. The molecule has 0 fully saturated rings. The molecule has 1 aliphatic heterocycles. The molecule has 3 heteroatoms. The van der Waals surface area contributed by atoms with Gasteiger partial charge in [-0.15, -0.1) is 11.6 Å². The van der Waals surface area contributed by atoms with Gasteiger partial charge < -0.3 is 9.47 Å². The topological polar surface area (TPSA) is 18.5 Å². The predicted octanol–water partition coefficient (Wildman–Crippen LogP) is 3.54. The minimum Gasteiger partial charge on any atom is -0.494 e. The Kier molecular flexibility index (Phi) is 3.02. The molecule has 1 aromatic rings. The van der Waals surface area contributed by atoms with Gasteiger partial charge >= 0.3 is 0 Å². The monoisotopic (exact) mass is 240 g/mol. The van der Waals surface area contributed by atoms with E-state index in [0.717, 1.165) is 23.5 Å². The van der Waals surface area contributed by atoms with Crippen LogP contribution >= 0.6 is 11.6 Å². The maximum Gasteiger partial charge on any atom is 0.128 e. The molecule has 2 nitrogen and oxygen atoms in total. The normalized spacial score (nSPS) is 16.8. The number of hydrogen-bond acceptors (Lipinski definition) is 2. The van der Waals surface area contributed by atoms with E-state index in [-0.39, 0.29) is 5.60 Å². The number of halogens is 1. The first-order valence-electron chi connectivity index (χ1n) is 5.59. The zero-order valence-electron chi connectivity index (χ0n) is 9.97. The average Bonchev–Trinajstić information content (AvgIpc) is 2.51. The minimum atomic E-state index is -0.131. The molecule has 1 aromatic carbocycles. The first kappa shape index (κ1) is 11.6. The number of fused-ring (bicyclic) bond motifs is 1. The fourth-order valence-corrected chi connectivity index (χ4v) is 2.30. The van der Waals surface area contributed by atoms with Gasteiger partial charge in [-0.05, 0) is 32.9 Å². The fourth-order valence-electron chi connectivity index (χ4n) is 2.11. The number of benzene rings is 1. The smallest absolute Gasteiger partial charge is 0.128 e. The van der Waals surface area contributed by atoms with Gasteiger partial charge in [0.1, 0.15) is 17.1 Å². The van der Waals surface area contributed by atoms with Crippen LogP contribution in [-0.4, -0.2) is 12.2 Å². The highest BCUT2D eigenvalue weighted by molar-refractivity contribution is 6.17. The second-order valence-corrected chi connectivity index (χ2v) is 4.94. The molecule has 16 heavy (non-hydrogen) atoms. The molecule has 0 bridgehead atoms. The lowest BCUT2D eigenvalue weighted by Gasteiger charge is -2.17. The van der Waals surface area contributed by atoms with Crippen molar-refractivity contribution >= 4 is 11.6 Å². The van der Waals surface area contributed by atoms with Gasteiger partial charge in [0.05, 0.1) is 12.5 Å². The summed E-state index contributed by atoms with van der Waals surface area (Å²) in [5, 5.41) is 0. The molecule has 1 aliphatic rings. The number of ether oxygens (including phenoxy) is 2. The molecule has 0 amide bonds. The summed E-state index contributed by atoms with van der Waals surface area (Å²) >= 11 is 5.94. The van der Waals surface area contributed by atoms with E-state index in [4.69, 9.17) is 21.1 Å². The van der Waals surface area contributed by atoms with Gasteiger partial charge in [-0.2, -0.15) is 0 Å². The summed E-state index contributed by atoms with van der Waals surface area (Å²) in [6.07, 6.45) is 0.910. The van der Waals surface area contributed by atoms with Crippen LogP contribution in [0.1, 0.15) is 31.9 Å². The third kappa shape index (κ3) is 2.12. The quantitative estimate of drug-likeness (QED) is 0.753. The molecule has 0 spiro atoms. The van der Waals surface area contributed by atoms with E-state index in [9.17, 15) is 0 Å². The third-order valence-electron chi connectivity index (χ3n) is 2.67. The number of alkyl halides is 1. The summed E-state index contributed by atoms with van der Waals surface area (Å²) in [6.45, 7) is 6.83. The van der Waals surface area contributed by atoms with E-state index >= 15 is 0 Å². The summed E-state index contributed by atoms with van der Waals surface area (Å²) in [6, 6.07) is 4.03. The first-order chi connectivity index (χ1) is 7.55. The Morgan fingerprint density at radius 3 is 2.81 bits per heavy atom. The van der Waals surface area contributed by atoms with Crippen LogP contribution in [0.3, 0.4) is 0 Å². The number of hydrogen-bond donors (Lipinski definition) is 0. The molecule has 0 atom stereocenters. The fraction of sp³-hybridized carbons (Fsp3) is 0.538. The molecular formula is C13H17ClO2. The SMILES string of the molecule is CCOc1cc(CCl)c2c(c1)CC(C)(C)O2. The van der Waals surface area contributed by atoms with Crippen molar-refractivity contribution in [2.75, 3.05) is 6.61 Å². The summed E-state index contributed by atoms with van der Waals surface area (Å²) in [7, 11) is 0. The van der Waals surface area contributed by atoms with Crippen molar-refractivity contribution in [1.29, 1.82) is 0 Å². The van der Waals surface area contributed by atoms with Crippen LogP contribution in [-0.2, 0) is 12.3 Å². The number of rotatable bonds is 3. The second-order valence-electron chi connectivity index (χ2n) is 4.68. The van der Waals surface area contributed by atoms with Crippen LogP contribution in [0.2, 0.25) is 0 Å². The maximum atomic E-state index is 5.94. The third-order valence-corrected chi connectivity index (χ3v) is 2.95. The van der Waals surface area contributed by atoms with Crippen LogP contribution in [0.25, 0.3) is 0 Å². The molecule has 0 unspecified atom stereocenters. The van der Waals surface area contributed by atoms with E-state index in [2.05, 4.69) is 19.9 Å². The van der Waals surface area contributed by atoms with Gasteiger partial charge in [-0.3, -0.25) is 0 Å². The molecule has 1 heterocycles. The van der Waals surface area contributed by atoms with Crippen molar-refractivity contribution < 1.29 is 9.47 Å². The van der Waals surface area contributed by atoms with Crippen molar-refractivity contribution in [3.8, 4) is 11.5 Å². The first-order valence-corrected chi connectivity index (χ1v) is 6.13. The Hall–Kier alpha value is -0.890. The maximum absolute atomic E-state index is 5.94. The molecule has 0 N–H and O–H groups in total. The molecule has 0 saturated heterocycles. The van der Waals surface area contributed by atoms with Gasteiger partial charge in [-0.25, -0.2) is 0 Å². The van der Waals surface area contributed by atoms with Crippen molar-refractivity contribution in [2.45, 2.75) is 38.7 Å². The lowest BCUT2D eigenvalue weighted by molar-refractivity contribution is 0.137. The van der Waals surface area contributed by atoms with Crippen molar-refractivity contribution in [3.05, 3.63) is 23.3 Å². The van der Waals surface area contributed by atoms with Crippen LogP contribution < -0.4 is 9.47 Å². The van der Waals surface area contributed by atoms with Gasteiger partial charge in [0, 0.05) is 17.5 Å². The van der Waals surface area contributed by atoms with E-state index in [0.29, 0.717) is 12.5 Å².